The molecule has 3 rings (SSSR count). The highest BCUT2D eigenvalue weighted by molar-refractivity contribution is 7.10. The molecule has 1 heterocycles. The van der Waals surface area contributed by atoms with E-state index in [0.717, 1.165) is 30.4 Å². The Bertz CT molecular complexity index is 708. The minimum atomic E-state index is -0.927. The van der Waals surface area contributed by atoms with Gasteiger partial charge in [-0.3, -0.25) is 9.59 Å². The first kappa shape index (κ1) is 15.7. The van der Waals surface area contributed by atoms with Crippen molar-refractivity contribution in [2.75, 3.05) is 6.54 Å². The molecule has 0 saturated carbocycles. The fourth-order valence-electron chi connectivity index (χ4n) is 3.01. The lowest BCUT2D eigenvalue weighted by atomic mass is 9.95. The molecule has 0 fully saturated rings. The summed E-state index contributed by atoms with van der Waals surface area (Å²) in [5.41, 5.74) is 2.58. The summed E-state index contributed by atoms with van der Waals surface area (Å²) in [7, 11) is 0. The van der Waals surface area contributed by atoms with Crippen LogP contribution in [0.5, 0.6) is 0 Å². The third-order valence-corrected chi connectivity index (χ3v) is 5.36. The number of nitrogens with one attached hydrogen (secondary N) is 1. The number of thiophene rings is 1. The molecule has 1 aromatic carbocycles. The van der Waals surface area contributed by atoms with Crippen molar-refractivity contribution in [1.29, 1.82) is 0 Å². The maximum absolute atomic E-state index is 12.4. The lowest BCUT2D eigenvalue weighted by Gasteiger charge is -2.15. The Balaban J connectivity index is 1.70. The van der Waals surface area contributed by atoms with E-state index in [1.54, 1.807) is 23.5 Å². The van der Waals surface area contributed by atoms with Crippen LogP contribution in [0.4, 0.5) is 0 Å². The summed E-state index contributed by atoms with van der Waals surface area (Å²) in [4.78, 5) is 25.2. The molecule has 5 heteroatoms. The van der Waals surface area contributed by atoms with Gasteiger partial charge in [0.25, 0.3) is 5.91 Å². The monoisotopic (exact) mass is 329 g/mol. The first-order valence-corrected chi connectivity index (χ1v) is 8.70. The molecule has 1 aliphatic carbocycles. The lowest BCUT2D eigenvalue weighted by molar-refractivity contribution is -0.138. The summed E-state index contributed by atoms with van der Waals surface area (Å²) in [6, 6.07) is 9.01. The van der Waals surface area contributed by atoms with Crippen LogP contribution in [0.2, 0.25) is 0 Å². The number of aryl methyl sites for hydroxylation is 1. The number of rotatable bonds is 5. The maximum atomic E-state index is 12.4. The third-order valence-electron chi connectivity index (χ3n) is 4.27. The normalized spacial score (nSPS) is 14.8. The molecule has 0 aliphatic heterocycles. The van der Waals surface area contributed by atoms with E-state index in [4.69, 9.17) is 0 Å². The molecule has 1 atom stereocenters. The molecule has 0 bridgehead atoms. The number of carbonyl (C=O) groups excluding carboxylic acids is 1. The zero-order valence-corrected chi connectivity index (χ0v) is 13.6. The zero-order valence-electron chi connectivity index (χ0n) is 12.7. The van der Waals surface area contributed by atoms with Crippen LogP contribution in [-0.2, 0) is 17.6 Å². The van der Waals surface area contributed by atoms with Crippen molar-refractivity contribution in [2.24, 2.45) is 0 Å². The fraction of sp³-hybridized carbons (Fsp3) is 0.333. The summed E-state index contributed by atoms with van der Waals surface area (Å²) < 4.78 is 0. The Morgan fingerprint density at radius 2 is 1.91 bits per heavy atom. The van der Waals surface area contributed by atoms with Gasteiger partial charge in [0.1, 0.15) is 0 Å². The second-order valence-electron chi connectivity index (χ2n) is 5.77. The van der Waals surface area contributed by atoms with Crippen molar-refractivity contribution in [2.45, 2.75) is 31.6 Å². The van der Waals surface area contributed by atoms with Crippen LogP contribution in [-0.4, -0.2) is 23.5 Å². The number of fused-ring (bicyclic) bond motifs is 1. The van der Waals surface area contributed by atoms with Crippen molar-refractivity contribution in [3.8, 4) is 0 Å². The van der Waals surface area contributed by atoms with E-state index in [-0.39, 0.29) is 12.5 Å². The SMILES string of the molecule is O=C(NCC(C(=O)O)c1ccccc1)c1csc2c1CCCC2. The van der Waals surface area contributed by atoms with Gasteiger partial charge < -0.3 is 10.4 Å². The summed E-state index contributed by atoms with van der Waals surface area (Å²) >= 11 is 1.64. The summed E-state index contributed by atoms with van der Waals surface area (Å²) in [6.07, 6.45) is 4.30. The highest BCUT2D eigenvalue weighted by atomic mass is 32.1. The molecule has 23 heavy (non-hydrogen) atoms. The number of aliphatic carboxylic acids is 1. The standard InChI is InChI=1S/C18H19NO3S/c20-17(15-11-23-16-9-5-4-8-13(15)16)19-10-14(18(21)22)12-6-2-1-3-7-12/h1-3,6-7,11,14H,4-5,8-10H2,(H,19,20)(H,21,22). The number of carboxylic acids is 1. The Kier molecular flexibility index (Phi) is 4.76. The Morgan fingerprint density at radius 1 is 1.17 bits per heavy atom. The van der Waals surface area contributed by atoms with Crippen molar-refractivity contribution in [3.63, 3.8) is 0 Å². The largest absolute Gasteiger partial charge is 0.481 e. The minimum absolute atomic E-state index is 0.100. The smallest absolute Gasteiger partial charge is 0.312 e. The van der Waals surface area contributed by atoms with Crippen molar-refractivity contribution >= 4 is 23.2 Å². The van der Waals surface area contributed by atoms with Crippen LogP contribution >= 0.6 is 11.3 Å². The minimum Gasteiger partial charge on any atom is -0.481 e. The molecule has 0 saturated heterocycles. The van der Waals surface area contributed by atoms with E-state index >= 15 is 0 Å². The van der Waals surface area contributed by atoms with Crippen LogP contribution < -0.4 is 5.32 Å². The lowest BCUT2D eigenvalue weighted by Crippen LogP contribution is -2.32. The van der Waals surface area contributed by atoms with Crippen LogP contribution in [0.15, 0.2) is 35.7 Å². The van der Waals surface area contributed by atoms with Gasteiger partial charge in [-0.1, -0.05) is 30.3 Å². The number of hydrogen-bond acceptors (Lipinski definition) is 3. The van der Waals surface area contributed by atoms with Gasteiger partial charge in [-0.2, -0.15) is 0 Å². The predicted molar refractivity (Wildman–Crippen MR) is 90.1 cm³/mol. The molecular weight excluding hydrogens is 310 g/mol. The van der Waals surface area contributed by atoms with Gasteiger partial charge in [0, 0.05) is 16.8 Å². The quantitative estimate of drug-likeness (QED) is 0.885. The van der Waals surface area contributed by atoms with E-state index in [2.05, 4.69) is 5.32 Å². The number of amides is 1. The van der Waals surface area contributed by atoms with E-state index in [1.807, 2.05) is 23.6 Å². The number of benzene rings is 1. The van der Waals surface area contributed by atoms with Gasteiger partial charge in [-0.05, 0) is 36.8 Å². The van der Waals surface area contributed by atoms with Gasteiger partial charge in [-0.15, -0.1) is 11.3 Å². The molecule has 120 valence electrons. The van der Waals surface area contributed by atoms with Crippen LogP contribution in [0, 0.1) is 0 Å². The molecular formula is C18H19NO3S. The fourth-order valence-corrected chi connectivity index (χ4v) is 4.13. The average Bonchev–Trinajstić information content (AvgIpc) is 2.99. The Labute approximate surface area is 139 Å². The van der Waals surface area contributed by atoms with Gasteiger partial charge in [0.05, 0.1) is 11.5 Å². The highest BCUT2D eigenvalue weighted by Gasteiger charge is 2.23. The van der Waals surface area contributed by atoms with Crippen molar-refractivity contribution in [1.82, 2.24) is 5.32 Å². The Hall–Kier alpha value is -2.14. The van der Waals surface area contributed by atoms with Crippen molar-refractivity contribution < 1.29 is 14.7 Å². The number of carboxylic acid groups (broad SMARTS) is 1. The van der Waals surface area contributed by atoms with Crippen molar-refractivity contribution in [3.05, 3.63) is 57.3 Å². The van der Waals surface area contributed by atoms with Gasteiger partial charge in [-0.25, -0.2) is 0 Å². The molecule has 2 N–H and O–H groups in total. The van der Waals surface area contributed by atoms with E-state index in [0.29, 0.717) is 5.56 Å². The van der Waals surface area contributed by atoms with Gasteiger partial charge >= 0.3 is 5.97 Å². The van der Waals surface area contributed by atoms with Crippen LogP contribution in [0.3, 0.4) is 0 Å². The molecule has 1 aromatic heterocycles. The summed E-state index contributed by atoms with van der Waals surface area (Å²) in [6.45, 7) is 0.100. The third kappa shape index (κ3) is 3.45. The molecule has 1 amide bonds. The van der Waals surface area contributed by atoms with Gasteiger partial charge in [0.2, 0.25) is 0 Å². The predicted octanol–water partition coefficient (Wildman–Crippen LogP) is 3.23. The van der Waals surface area contributed by atoms with Gasteiger partial charge in [0.15, 0.2) is 0 Å². The topological polar surface area (TPSA) is 66.4 Å². The second-order valence-corrected chi connectivity index (χ2v) is 6.73. The average molecular weight is 329 g/mol. The molecule has 4 nitrogen and oxygen atoms in total. The molecule has 2 aromatic rings. The molecule has 1 aliphatic rings. The summed E-state index contributed by atoms with van der Waals surface area (Å²) in [5, 5.41) is 14.1. The van der Waals surface area contributed by atoms with E-state index in [1.165, 1.54) is 11.3 Å². The second kappa shape index (κ2) is 6.96. The summed E-state index contributed by atoms with van der Waals surface area (Å²) in [5.74, 6) is -1.81. The molecule has 0 spiro atoms. The highest BCUT2D eigenvalue weighted by Crippen LogP contribution is 2.30. The van der Waals surface area contributed by atoms with Crippen LogP contribution in [0.25, 0.3) is 0 Å². The number of carbonyl (C=O) groups is 2. The van der Waals surface area contributed by atoms with E-state index < -0.39 is 11.9 Å². The first-order valence-electron chi connectivity index (χ1n) is 7.82. The molecule has 0 radical (unpaired) electrons. The van der Waals surface area contributed by atoms with Crippen LogP contribution in [0.1, 0.15) is 45.1 Å². The van der Waals surface area contributed by atoms with E-state index in [9.17, 15) is 14.7 Å². The Morgan fingerprint density at radius 3 is 2.65 bits per heavy atom. The number of hydrogen-bond donors (Lipinski definition) is 2. The zero-order chi connectivity index (χ0) is 16.2. The molecule has 1 unspecified atom stereocenters. The maximum Gasteiger partial charge on any atom is 0.312 e. The first-order chi connectivity index (χ1) is 11.2.